The molecule has 0 spiro atoms. The predicted molar refractivity (Wildman–Crippen MR) is 94.3 cm³/mol. The number of piperazine rings is 1. The molecule has 0 atom stereocenters. The smallest absolute Gasteiger partial charge is 0.255 e. The van der Waals surface area contributed by atoms with Gasteiger partial charge in [0.05, 0.1) is 17.1 Å². The van der Waals surface area contributed by atoms with E-state index in [9.17, 15) is 9.59 Å². The minimum absolute atomic E-state index is 0.0643. The third-order valence-corrected chi connectivity index (χ3v) is 4.83. The highest BCUT2D eigenvalue weighted by Crippen LogP contribution is 2.24. The zero-order valence-electron chi connectivity index (χ0n) is 13.7. The van der Waals surface area contributed by atoms with Crippen molar-refractivity contribution in [3.8, 4) is 0 Å². The molecular weight excluding hydrogens is 334 g/mol. The molecule has 2 amide bonds. The van der Waals surface area contributed by atoms with E-state index >= 15 is 0 Å². The number of halogens is 1. The summed E-state index contributed by atoms with van der Waals surface area (Å²) in [6.45, 7) is 2.61. The van der Waals surface area contributed by atoms with E-state index in [1.807, 2.05) is 42.3 Å². The Balaban J connectivity index is 2.00. The van der Waals surface area contributed by atoms with Crippen LogP contribution in [0.15, 0.2) is 23.1 Å². The van der Waals surface area contributed by atoms with Crippen LogP contribution in [0.4, 0.5) is 0 Å². The van der Waals surface area contributed by atoms with E-state index < -0.39 is 0 Å². The Morgan fingerprint density at radius 1 is 1.17 bits per heavy atom. The predicted octanol–water partition coefficient (Wildman–Crippen LogP) is 1.91. The summed E-state index contributed by atoms with van der Waals surface area (Å²) < 4.78 is 0. The molecule has 1 aromatic carbocycles. The molecular formula is C16H22ClN3O2S. The Labute approximate surface area is 146 Å². The van der Waals surface area contributed by atoms with Gasteiger partial charge in [0.15, 0.2) is 0 Å². The fourth-order valence-corrected chi connectivity index (χ4v) is 3.13. The van der Waals surface area contributed by atoms with E-state index in [0.29, 0.717) is 43.3 Å². The second-order valence-corrected chi connectivity index (χ2v) is 7.04. The number of benzene rings is 1. The van der Waals surface area contributed by atoms with E-state index in [4.69, 9.17) is 11.6 Å². The molecule has 0 aliphatic carbocycles. The third-order valence-electron chi connectivity index (χ3n) is 3.78. The van der Waals surface area contributed by atoms with Gasteiger partial charge in [0.2, 0.25) is 5.91 Å². The first-order valence-electron chi connectivity index (χ1n) is 7.47. The molecule has 0 radical (unpaired) electrons. The summed E-state index contributed by atoms with van der Waals surface area (Å²) in [4.78, 5) is 31.2. The lowest BCUT2D eigenvalue weighted by atomic mass is 10.1. The largest absolute Gasteiger partial charge is 0.338 e. The van der Waals surface area contributed by atoms with Crippen LogP contribution in [0, 0.1) is 0 Å². The van der Waals surface area contributed by atoms with Crippen molar-refractivity contribution in [1.29, 1.82) is 0 Å². The van der Waals surface area contributed by atoms with Crippen molar-refractivity contribution >= 4 is 35.2 Å². The van der Waals surface area contributed by atoms with Gasteiger partial charge in [-0.1, -0.05) is 11.6 Å². The van der Waals surface area contributed by atoms with Crippen LogP contribution in [0.5, 0.6) is 0 Å². The van der Waals surface area contributed by atoms with Gasteiger partial charge in [-0.25, -0.2) is 0 Å². The molecule has 1 saturated heterocycles. The number of hydrogen-bond donors (Lipinski definition) is 0. The van der Waals surface area contributed by atoms with Crippen molar-refractivity contribution in [2.45, 2.75) is 4.90 Å². The Morgan fingerprint density at radius 3 is 2.35 bits per heavy atom. The van der Waals surface area contributed by atoms with Gasteiger partial charge in [-0.2, -0.15) is 0 Å². The van der Waals surface area contributed by atoms with Crippen molar-refractivity contribution in [2.24, 2.45) is 0 Å². The van der Waals surface area contributed by atoms with Gasteiger partial charge in [-0.3, -0.25) is 9.59 Å². The third kappa shape index (κ3) is 4.62. The monoisotopic (exact) mass is 355 g/mol. The maximum absolute atomic E-state index is 12.7. The van der Waals surface area contributed by atoms with Crippen molar-refractivity contribution in [3.63, 3.8) is 0 Å². The van der Waals surface area contributed by atoms with Gasteiger partial charge in [0.25, 0.3) is 5.91 Å². The van der Waals surface area contributed by atoms with Crippen LogP contribution >= 0.6 is 23.4 Å². The Hall–Kier alpha value is -1.24. The van der Waals surface area contributed by atoms with Crippen LogP contribution in [0.2, 0.25) is 5.02 Å². The average Bonchev–Trinajstić information content (AvgIpc) is 2.54. The summed E-state index contributed by atoms with van der Waals surface area (Å²) >= 11 is 7.76. The van der Waals surface area contributed by atoms with Gasteiger partial charge in [-0.05, 0) is 38.6 Å². The van der Waals surface area contributed by atoms with Crippen molar-refractivity contribution in [3.05, 3.63) is 28.8 Å². The zero-order chi connectivity index (χ0) is 17.0. The molecule has 0 bridgehead atoms. The number of rotatable bonds is 4. The van der Waals surface area contributed by atoms with Crippen molar-refractivity contribution < 1.29 is 9.59 Å². The van der Waals surface area contributed by atoms with Crippen LogP contribution < -0.4 is 0 Å². The van der Waals surface area contributed by atoms with Gasteiger partial charge < -0.3 is 14.7 Å². The van der Waals surface area contributed by atoms with E-state index in [1.165, 1.54) is 0 Å². The van der Waals surface area contributed by atoms with Gasteiger partial charge in [-0.15, -0.1) is 11.8 Å². The van der Waals surface area contributed by atoms with Crippen molar-refractivity contribution in [1.82, 2.24) is 14.7 Å². The summed E-state index contributed by atoms with van der Waals surface area (Å²) in [7, 11) is 3.75. The van der Waals surface area contributed by atoms with Crippen LogP contribution in [0.1, 0.15) is 10.4 Å². The molecule has 5 nitrogen and oxygen atoms in total. The second kappa shape index (κ2) is 8.04. The minimum atomic E-state index is -0.0643. The Morgan fingerprint density at radius 2 is 1.78 bits per heavy atom. The molecule has 1 aliphatic rings. The fourth-order valence-electron chi connectivity index (χ4n) is 2.50. The van der Waals surface area contributed by atoms with Gasteiger partial charge in [0, 0.05) is 31.1 Å². The first-order valence-corrected chi connectivity index (χ1v) is 9.08. The average molecular weight is 356 g/mol. The van der Waals surface area contributed by atoms with Crippen LogP contribution in [0.3, 0.4) is 0 Å². The summed E-state index contributed by atoms with van der Waals surface area (Å²) in [5, 5.41) is 0.471. The maximum atomic E-state index is 12.7. The molecule has 7 heteroatoms. The van der Waals surface area contributed by atoms with E-state index in [0.717, 1.165) is 4.90 Å². The normalized spacial score (nSPS) is 15.2. The molecule has 2 rings (SSSR count). The zero-order valence-corrected chi connectivity index (χ0v) is 15.3. The lowest BCUT2D eigenvalue weighted by Crippen LogP contribution is -2.52. The number of carbonyl (C=O) groups is 2. The second-order valence-electron chi connectivity index (χ2n) is 5.76. The standard InChI is InChI=1S/C16H22ClN3O2S/c1-18(2)11-15(21)19-6-8-20(9-7-19)16(22)13-10-12(23-3)4-5-14(13)17/h4-5,10H,6-9,11H2,1-3H3. The number of likely N-dealkylation sites (N-methyl/N-ethyl adjacent to an activating group) is 1. The molecule has 0 unspecified atom stereocenters. The number of carbonyl (C=O) groups excluding carboxylic acids is 2. The Bertz CT molecular complexity index is 587. The summed E-state index contributed by atoms with van der Waals surface area (Å²) in [6.07, 6.45) is 1.96. The molecule has 23 heavy (non-hydrogen) atoms. The molecule has 0 N–H and O–H groups in total. The lowest BCUT2D eigenvalue weighted by molar-refractivity contribution is -0.133. The minimum Gasteiger partial charge on any atom is -0.338 e. The highest BCUT2D eigenvalue weighted by molar-refractivity contribution is 7.98. The molecule has 0 saturated carbocycles. The van der Waals surface area contributed by atoms with Crippen LogP contribution in [-0.2, 0) is 4.79 Å². The van der Waals surface area contributed by atoms with Crippen molar-refractivity contribution in [2.75, 3.05) is 53.1 Å². The molecule has 1 aromatic rings. The van der Waals surface area contributed by atoms with Crippen LogP contribution in [-0.4, -0.2) is 79.6 Å². The SMILES string of the molecule is CSc1ccc(Cl)c(C(=O)N2CCN(C(=O)CN(C)C)CC2)c1. The van der Waals surface area contributed by atoms with Crippen LogP contribution in [0.25, 0.3) is 0 Å². The number of hydrogen-bond acceptors (Lipinski definition) is 4. The Kier molecular flexibility index (Phi) is 6.33. The quantitative estimate of drug-likeness (QED) is 0.774. The fraction of sp³-hybridized carbons (Fsp3) is 0.500. The van der Waals surface area contributed by atoms with E-state index in [-0.39, 0.29) is 11.8 Å². The van der Waals surface area contributed by atoms with E-state index in [1.54, 1.807) is 22.7 Å². The molecule has 1 aliphatic heterocycles. The maximum Gasteiger partial charge on any atom is 0.255 e. The molecule has 1 fully saturated rings. The summed E-state index contributed by atoms with van der Waals surface area (Å²) in [5.41, 5.74) is 0.534. The number of thioether (sulfide) groups is 1. The number of nitrogens with zero attached hydrogens (tertiary/aromatic N) is 3. The molecule has 0 aromatic heterocycles. The highest BCUT2D eigenvalue weighted by Gasteiger charge is 2.26. The number of amides is 2. The first kappa shape index (κ1) is 18.1. The van der Waals surface area contributed by atoms with Gasteiger partial charge in [0.1, 0.15) is 0 Å². The van der Waals surface area contributed by atoms with Gasteiger partial charge >= 0.3 is 0 Å². The lowest BCUT2D eigenvalue weighted by Gasteiger charge is -2.35. The summed E-state index contributed by atoms with van der Waals surface area (Å²) in [6, 6.07) is 5.50. The first-order chi connectivity index (χ1) is 10.9. The molecule has 1 heterocycles. The van der Waals surface area contributed by atoms with E-state index in [2.05, 4.69) is 0 Å². The topological polar surface area (TPSA) is 43.9 Å². The molecule has 126 valence electrons. The summed E-state index contributed by atoms with van der Waals surface area (Å²) in [5.74, 6) is 0.0371. The highest BCUT2D eigenvalue weighted by atomic mass is 35.5.